The predicted octanol–water partition coefficient (Wildman–Crippen LogP) is 2.16. The first-order valence-corrected chi connectivity index (χ1v) is 9.01. The van der Waals surface area contributed by atoms with Crippen LogP contribution in [0.2, 0.25) is 0 Å². The third-order valence-corrected chi connectivity index (χ3v) is 5.29. The molecule has 0 saturated carbocycles. The van der Waals surface area contributed by atoms with Crippen LogP contribution in [0.4, 0.5) is 11.5 Å². The number of primary amides is 1. The number of carbonyl (C=O) groups is 2. The highest BCUT2D eigenvalue weighted by atomic mass is 16.3. The summed E-state index contributed by atoms with van der Waals surface area (Å²) in [6.07, 6.45) is 2.87. The Kier molecular flexibility index (Phi) is 3.99. The summed E-state index contributed by atoms with van der Waals surface area (Å²) in [5.41, 5.74) is 15.3. The summed E-state index contributed by atoms with van der Waals surface area (Å²) >= 11 is 0. The van der Waals surface area contributed by atoms with Crippen LogP contribution in [-0.2, 0) is 4.79 Å². The zero-order valence-electron chi connectivity index (χ0n) is 15.7. The van der Waals surface area contributed by atoms with Gasteiger partial charge in [0, 0.05) is 23.9 Å². The normalized spacial score (nSPS) is 14.2. The van der Waals surface area contributed by atoms with Crippen LogP contribution in [0.1, 0.15) is 34.3 Å². The number of nitrogens with zero attached hydrogens (tertiary/aromatic N) is 3. The Morgan fingerprint density at radius 2 is 2.04 bits per heavy atom. The number of pyridine rings is 1. The third kappa shape index (κ3) is 2.49. The van der Waals surface area contributed by atoms with Crippen LogP contribution < -0.4 is 16.4 Å². The molecular weight excluding hydrogens is 358 g/mol. The van der Waals surface area contributed by atoms with Crippen molar-refractivity contribution in [3.63, 3.8) is 0 Å². The van der Waals surface area contributed by atoms with E-state index in [-0.39, 0.29) is 23.0 Å². The molecule has 0 spiro atoms. The topological polar surface area (TPSA) is 127 Å². The summed E-state index contributed by atoms with van der Waals surface area (Å²) in [7, 11) is 0. The largest absolute Gasteiger partial charge is 0.508 e. The van der Waals surface area contributed by atoms with Crippen LogP contribution in [0.15, 0.2) is 24.4 Å². The molecule has 4 rings (SSSR count). The zero-order chi connectivity index (χ0) is 20.2. The summed E-state index contributed by atoms with van der Waals surface area (Å²) in [6, 6.07) is 5.10. The molecule has 0 aliphatic carbocycles. The number of nitrogen functional groups attached to an aromatic ring is 1. The molecule has 8 heteroatoms. The molecule has 0 unspecified atom stereocenters. The van der Waals surface area contributed by atoms with E-state index in [2.05, 4.69) is 4.98 Å². The van der Waals surface area contributed by atoms with Gasteiger partial charge in [-0.25, -0.2) is 4.98 Å². The zero-order valence-corrected chi connectivity index (χ0v) is 15.7. The number of carbonyl (C=O) groups excluding carboxylic acids is 2. The van der Waals surface area contributed by atoms with Gasteiger partial charge in [-0.2, -0.15) is 0 Å². The molecule has 3 aromatic rings. The van der Waals surface area contributed by atoms with Crippen LogP contribution >= 0.6 is 0 Å². The van der Waals surface area contributed by atoms with Gasteiger partial charge in [-0.3, -0.25) is 14.2 Å². The second-order valence-electron chi connectivity index (χ2n) is 7.05. The number of aromatic nitrogens is 2. The van der Waals surface area contributed by atoms with Crippen molar-refractivity contribution in [1.82, 2.24) is 9.55 Å². The number of benzene rings is 1. The molecule has 1 aliphatic heterocycles. The summed E-state index contributed by atoms with van der Waals surface area (Å²) in [5, 5.41) is 10.6. The van der Waals surface area contributed by atoms with Gasteiger partial charge >= 0.3 is 0 Å². The van der Waals surface area contributed by atoms with Crippen LogP contribution in [-0.4, -0.2) is 33.0 Å². The van der Waals surface area contributed by atoms with Crippen molar-refractivity contribution in [3.8, 4) is 11.4 Å². The fraction of sp³-hybridized carbons (Fsp3) is 0.250. The Morgan fingerprint density at radius 3 is 2.68 bits per heavy atom. The lowest BCUT2D eigenvalue weighted by molar-refractivity contribution is -0.117. The van der Waals surface area contributed by atoms with Gasteiger partial charge in [-0.15, -0.1) is 0 Å². The van der Waals surface area contributed by atoms with E-state index >= 15 is 0 Å². The highest BCUT2D eigenvalue weighted by molar-refractivity contribution is 6.12. The Morgan fingerprint density at radius 1 is 1.29 bits per heavy atom. The first kappa shape index (κ1) is 17.8. The van der Waals surface area contributed by atoms with Gasteiger partial charge in [-0.1, -0.05) is 6.07 Å². The number of anilines is 2. The average Bonchev–Trinajstić information content (AvgIpc) is 3.19. The minimum absolute atomic E-state index is 0.0221. The maximum atomic E-state index is 12.2. The first-order valence-electron chi connectivity index (χ1n) is 9.01. The van der Waals surface area contributed by atoms with E-state index in [4.69, 9.17) is 11.5 Å². The third-order valence-electron chi connectivity index (χ3n) is 5.29. The molecule has 0 atom stereocenters. The van der Waals surface area contributed by atoms with E-state index in [0.29, 0.717) is 40.9 Å². The fourth-order valence-corrected chi connectivity index (χ4v) is 3.90. The monoisotopic (exact) mass is 379 g/mol. The maximum Gasteiger partial charge on any atom is 0.253 e. The molecule has 3 heterocycles. The number of amides is 2. The van der Waals surface area contributed by atoms with E-state index in [0.717, 1.165) is 12.0 Å². The number of fused-ring (bicyclic) bond motifs is 1. The summed E-state index contributed by atoms with van der Waals surface area (Å²) < 4.78 is 1.63. The van der Waals surface area contributed by atoms with Gasteiger partial charge in [0.15, 0.2) is 0 Å². The minimum Gasteiger partial charge on any atom is -0.508 e. The molecule has 144 valence electrons. The minimum atomic E-state index is -0.677. The van der Waals surface area contributed by atoms with Crippen molar-refractivity contribution >= 4 is 34.4 Å². The summed E-state index contributed by atoms with van der Waals surface area (Å²) in [5.74, 6) is -0.393. The van der Waals surface area contributed by atoms with Gasteiger partial charge in [0.2, 0.25) is 5.91 Å². The van der Waals surface area contributed by atoms with Crippen molar-refractivity contribution < 1.29 is 14.7 Å². The van der Waals surface area contributed by atoms with E-state index in [1.807, 2.05) is 6.92 Å². The molecule has 1 aromatic carbocycles. The second-order valence-corrected chi connectivity index (χ2v) is 7.05. The van der Waals surface area contributed by atoms with E-state index in [9.17, 15) is 14.7 Å². The number of hydrogen-bond acceptors (Lipinski definition) is 5. The number of aromatic hydroxyl groups is 1. The number of phenols is 1. The van der Waals surface area contributed by atoms with Crippen molar-refractivity contribution in [2.24, 2.45) is 5.73 Å². The lowest BCUT2D eigenvalue weighted by Gasteiger charge is -2.16. The Hall–Kier alpha value is -3.55. The molecule has 0 radical (unpaired) electrons. The fourth-order valence-electron chi connectivity index (χ4n) is 3.90. The van der Waals surface area contributed by atoms with Gasteiger partial charge in [0.25, 0.3) is 5.91 Å². The number of phenolic OH excluding ortho intramolecular Hbond substituents is 1. The number of nitrogens with two attached hydrogens (primary N) is 2. The van der Waals surface area contributed by atoms with Crippen molar-refractivity contribution in [3.05, 3.63) is 41.1 Å². The predicted molar refractivity (Wildman–Crippen MR) is 107 cm³/mol. The smallest absolute Gasteiger partial charge is 0.253 e. The lowest BCUT2D eigenvalue weighted by Crippen LogP contribution is -2.23. The molecule has 28 heavy (non-hydrogen) atoms. The standard InChI is InChI=1S/C20H21N5O3/c1-10-5-6-14(26)11(2)17(10)25-18(21)16(19(22)28)13-8-12(9-23-20(13)25)24-7-3-4-15(24)27/h5-6,8-9,26H,3-4,7,21H2,1-2H3,(H2,22,28). The molecule has 0 bridgehead atoms. The highest BCUT2D eigenvalue weighted by Crippen LogP contribution is 2.37. The molecule has 2 aromatic heterocycles. The Balaban J connectivity index is 2.04. The van der Waals surface area contributed by atoms with Crippen LogP contribution in [0.3, 0.4) is 0 Å². The number of hydrogen-bond donors (Lipinski definition) is 3. The van der Waals surface area contributed by atoms with Crippen LogP contribution in [0.25, 0.3) is 16.7 Å². The van der Waals surface area contributed by atoms with E-state index in [1.54, 1.807) is 40.8 Å². The Labute approximate surface area is 161 Å². The summed E-state index contributed by atoms with van der Waals surface area (Å²) in [4.78, 5) is 30.4. The van der Waals surface area contributed by atoms with Crippen molar-refractivity contribution in [2.75, 3.05) is 17.2 Å². The molecule has 2 amide bonds. The number of aryl methyl sites for hydroxylation is 1. The van der Waals surface area contributed by atoms with Crippen LogP contribution in [0.5, 0.6) is 5.75 Å². The maximum absolute atomic E-state index is 12.2. The van der Waals surface area contributed by atoms with E-state index < -0.39 is 5.91 Å². The van der Waals surface area contributed by atoms with Gasteiger partial charge in [0.05, 0.1) is 23.1 Å². The quantitative estimate of drug-likeness (QED) is 0.642. The molecule has 1 aliphatic rings. The SMILES string of the molecule is Cc1ccc(O)c(C)c1-n1c(N)c(C(N)=O)c2cc(N3CCCC3=O)cnc21. The van der Waals surface area contributed by atoms with Gasteiger partial charge in [-0.05, 0) is 38.0 Å². The van der Waals surface area contributed by atoms with Crippen LogP contribution in [0, 0.1) is 13.8 Å². The summed E-state index contributed by atoms with van der Waals surface area (Å²) in [6.45, 7) is 4.26. The molecular formula is C20H21N5O3. The van der Waals surface area contributed by atoms with Gasteiger partial charge in [0.1, 0.15) is 17.2 Å². The van der Waals surface area contributed by atoms with Crippen molar-refractivity contribution in [2.45, 2.75) is 26.7 Å². The van der Waals surface area contributed by atoms with Gasteiger partial charge < -0.3 is 21.5 Å². The molecule has 1 saturated heterocycles. The molecule has 1 fully saturated rings. The second kappa shape index (κ2) is 6.26. The molecule has 5 N–H and O–H groups in total. The van der Waals surface area contributed by atoms with E-state index in [1.165, 1.54) is 0 Å². The molecule has 8 nitrogen and oxygen atoms in total. The van der Waals surface area contributed by atoms with Crippen molar-refractivity contribution in [1.29, 1.82) is 0 Å². The highest BCUT2D eigenvalue weighted by Gasteiger charge is 2.27. The lowest BCUT2D eigenvalue weighted by atomic mass is 10.1. The average molecular weight is 379 g/mol. The number of rotatable bonds is 3. The Bertz CT molecular complexity index is 1150. The first-order chi connectivity index (χ1) is 13.3.